The Morgan fingerprint density at radius 2 is 2.04 bits per heavy atom. The predicted molar refractivity (Wildman–Crippen MR) is 98.6 cm³/mol. The van der Waals surface area contributed by atoms with E-state index in [9.17, 15) is 9.18 Å². The molecule has 25 heavy (non-hydrogen) atoms. The summed E-state index contributed by atoms with van der Waals surface area (Å²) in [6.45, 7) is 0.397. The maximum atomic E-state index is 13.2. The first kappa shape index (κ1) is 15.6. The highest BCUT2D eigenvalue weighted by Gasteiger charge is 2.13. The fourth-order valence-corrected chi connectivity index (χ4v) is 3.33. The number of hydrogen-bond donors (Lipinski definition) is 3. The van der Waals surface area contributed by atoms with Crippen LogP contribution in [0.3, 0.4) is 0 Å². The van der Waals surface area contributed by atoms with E-state index in [1.54, 1.807) is 6.07 Å². The second-order valence-corrected chi connectivity index (χ2v) is 6.51. The van der Waals surface area contributed by atoms with Crippen molar-refractivity contribution in [3.05, 3.63) is 69.9 Å². The van der Waals surface area contributed by atoms with E-state index in [1.807, 2.05) is 24.3 Å². The van der Waals surface area contributed by atoms with E-state index in [2.05, 4.69) is 25.5 Å². The molecular formula is C17H14FN5OS. The average Bonchev–Trinajstić information content (AvgIpc) is 2.99. The van der Waals surface area contributed by atoms with Gasteiger partial charge in [-0.05, 0) is 29.8 Å². The molecule has 0 amide bonds. The van der Waals surface area contributed by atoms with Crippen LogP contribution in [0.5, 0.6) is 0 Å². The van der Waals surface area contributed by atoms with Crippen LogP contribution in [0, 0.1) is 5.82 Å². The number of aromatic amines is 2. The third-order valence-corrected chi connectivity index (χ3v) is 4.69. The number of aliphatic imine (C=N–C) groups is 1. The molecule has 0 atom stereocenters. The molecule has 3 N–H and O–H groups in total. The van der Waals surface area contributed by atoms with E-state index in [4.69, 9.17) is 0 Å². The Morgan fingerprint density at radius 1 is 1.16 bits per heavy atom. The summed E-state index contributed by atoms with van der Waals surface area (Å²) < 4.78 is 13.2. The molecule has 1 aromatic heterocycles. The SMILES string of the molecule is O=c1[nH]c2ccc(C3=NNC(=NCc4cccc(F)c4)SC3)cc2[nH]1. The summed E-state index contributed by atoms with van der Waals surface area (Å²) in [5.41, 5.74) is 6.85. The Morgan fingerprint density at radius 3 is 2.84 bits per heavy atom. The molecule has 126 valence electrons. The lowest BCUT2D eigenvalue weighted by Gasteiger charge is -2.15. The quantitative estimate of drug-likeness (QED) is 0.675. The minimum absolute atomic E-state index is 0.225. The first-order valence-corrected chi connectivity index (χ1v) is 8.63. The molecule has 0 aliphatic carbocycles. The Hall–Kier alpha value is -2.87. The summed E-state index contributed by atoms with van der Waals surface area (Å²) in [5.74, 6) is 0.398. The molecule has 0 saturated carbocycles. The van der Waals surface area contributed by atoms with Gasteiger partial charge in [0.2, 0.25) is 0 Å². The number of hydrogen-bond acceptors (Lipinski definition) is 4. The highest BCUT2D eigenvalue weighted by atomic mass is 32.2. The average molecular weight is 355 g/mol. The van der Waals surface area contributed by atoms with Gasteiger partial charge < -0.3 is 9.97 Å². The van der Waals surface area contributed by atoms with Crippen LogP contribution in [0.2, 0.25) is 0 Å². The van der Waals surface area contributed by atoms with Crippen LogP contribution in [0.1, 0.15) is 11.1 Å². The highest BCUT2D eigenvalue weighted by molar-refractivity contribution is 8.14. The van der Waals surface area contributed by atoms with Crippen LogP contribution < -0.4 is 11.1 Å². The van der Waals surface area contributed by atoms with Crippen molar-refractivity contribution < 1.29 is 4.39 Å². The third-order valence-electron chi connectivity index (χ3n) is 3.78. The van der Waals surface area contributed by atoms with E-state index >= 15 is 0 Å². The second kappa shape index (κ2) is 6.56. The second-order valence-electron chi connectivity index (χ2n) is 5.55. The van der Waals surface area contributed by atoms with Crippen molar-refractivity contribution in [1.82, 2.24) is 15.4 Å². The summed E-state index contributed by atoms with van der Waals surface area (Å²) in [7, 11) is 0. The van der Waals surface area contributed by atoms with Crippen molar-refractivity contribution in [1.29, 1.82) is 0 Å². The molecular weight excluding hydrogens is 341 g/mol. The van der Waals surface area contributed by atoms with E-state index in [0.717, 1.165) is 27.9 Å². The number of rotatable bonds is 3. The Bertz CT molecular complexity index is 1050. The largest absolute Gasteiger partial charge is 0.323 e. The zero-order chi connectivity index (χ0) is 17.2. The first-order chi connectivity index (χ1) is 12.2. The molecule has 0 unspecified atom stereocenters. The van der Waals surface area contributed by atoms with E-state index in [1.165, 1.54) is 23.9 Å². The van der Waals surface area contributed by atoms with Gasteiger partial charge in [-0.25, -0.2) is 9.18 Å². The Balaban J connectivity index is 1.49. The molecule has 0 fully saturated rings. The van der Waals surface area contributed by atoms with Crippen LogP contribution in [0.15, 0.2) is 57.4 Å². The van der Waals surface area contributed by atoms with Crippen LogP contribution in [0.25, 0.3) is 11.0 Å². The number of nitrogens with one attached hydrogen (secondary N) is 3. The minimum atomic E-state index is -0.263. The molecule has 3 aromatic rings. The summed E-state index contributed by atoms with van der Waals surface area (Å²) in [6, 6.07) is 12.1. The Labute approximate surface area is 146 Å². The van der Waals surface area contributed by atoms with Crippen LogP contribution in [-0.2, 0) is 6.54 Å². The molecule has 2 heterocycles. The van der Waals surface area contributed by atoms with Gasteiger partial charge in [0.25, 0.3) is 0 Å². The molecule has 0 spiro atoms. The smallest absolute Gasteiger partial charge is 0.306 e. The van der Waals surface area contributed by atoms with Crippen LogP contribution in [0.4, 0.5) is 4.39 Å². The third kappa shape index (κ3) is 3.48. The monoisotopic (exact) mass is 355 g/mol. The normalized spacial score (nSPS) is 16.0. The number of fused-ring (bicyclic) bond motifs is 1. The van der Waals surface area contributed by atoms with Crippen molar-refractivity contribution in [2.24, 2.45) is 10.1 Å². The van der Waals surface area contributed by atoms with Gasteiger partial charge >= 0.3 is 5.69 Å². The number of aromatic nitrogens is 2. The number of H-pyrrole nitrogens is 2. The standard InChI is InChI=1S/C17H14FN5OS/c18-12-3-1-2-10(6-12)8-19-17-23-22-15(9-25-17)11-4-5-13-14(7-11)21-16(24)20-13/h1-7H,8-9H2,(H,19,23)(H2,20,21,24). The van der Waals surface area contributed by atoms with E-state index < -0.39 is 0 Å². The van der Waals surface area contributed by atoms with E-state index in [-0.39, 0.29) is 11.5 Å². The van der Waals surface area contributed by atoms with Gasteiger partial charge in [0, 0.05) is 11.3 Å². The minimum Gasteiger partial charge on any atom is -0.306 e. The highest BCUT2D eigenvalue weighted by Crippen LogP contribution is 2.17. The molecule has 2 aromatic carbocycles. The van der Waals surface area contributed by atoms with Gasteiger partial charge in [-0.2, -0.15) is 5.10 Å². The van der Waals surface area contributed by atoms with Crippen molar-refractivity contribution in [2.45, 2.75) is 6.54 Å². The maximum Gasteiger partial charge on any atom is 0.323 e. The van der Waals surface area contributed by atoms with Gasteiger partial charge in [-0.15, -0.1) is 0 Å². The molecule has 4 rings (SSSR count). The number of thioether (sulfide) groups is 1. The van der Waals surface area contributed by atoms with Crippen LogP contribution in [-0.4, -0.2) is 26.6 Å². The molecule has 0 bridgehead atoms. The number of imidazole rings is 1. The topological polar surface area (TPSA) is 85.4 Å². The van der Waals surface area contributed by atoms with Gasteiger partial charge in [0.15, 0.2) is 5.17 Å². The predicted octanol–water partition coefficient (Wildman–Crippen LogP) is 2.59. The molecule has 1 aliphatic rings. The fraction of sp³-hybridized carbons (Fsp3) is 0.118. The first-order valence-electron chi connectivity index (χ1n) is 7.64. The number of halogens is 1. The van der Waals surface area contributed by atoms with Gasteiger partial charge in [-0.1, -0.05) is 30.0 Å². The van der Waals surface area contributed by atoms with Gasteiger partial charge in [-0.3, -0.25) is 10.4 Å². The molecule has 8 heteroatoms. The lowest BCUT2D eigenvalue weighted by atomic mass is 10.1. The van der Waals surface area contributed by atoms with E-state index in [0.29, 0.717) is 17.5 Å². The number of amidine groups is 1. The van der Waals surface area contributed by atoms with Gasteiger partial charge in [0.1, 0.15) is 5.82 Å². The molecule has 6 nitrogen and oxygen atoms in total. The van der Waals surface area contributed by atoms with Crippen molar-refractivity contribution >= 4 is 33.7 Å². The van der Waals surface area contributed by atoms with Crippen molar-refractivity contribution in [2.75, 3.05) is 5.75 Å². The van der Waals surface area contributed by atoms with Gasteiger partial charge in [0.05, 0.1) is 23.3 Å². The fourth-order valence-electron chi connectivity index (χ4n) is 2.56. The van der Waals surface area contributed by atoms with Crippen molar-refractivity contribution in [3.8, 4) is 0 Å². The molecule has 0 saturated heterocycles. The summed E-state index contributed by atoms with van der Waals surface area (Å²) in [5, 5.41) is 5.06. The zero-order valence-corrected chi connectivity index (χ0v) is 13.9. The number of benzene rings is 2. The summed E-state index contributed by atoms with van der Waals surface area (Å²) in [6.07, 6.45) is 0. The molecule has 0 radical (unpaired) electrons. The lowest BCUT2D eigenvalue weighted by Crippen LogP contribution is -2.25. The van der Waals surface area contributed by atoms with Crippen LogP contribution >= 0.6 is 11.8 Å². The maximum absolute atomic E-state index is 13.2. The molecule has 1 aliphatic heterocycles. The summed E-state index contributed by atoms with van der Waals surface area (Å²) in [4.78, 5) is 21.2. The summed E-state index contributed by atoms with van der Waals surface area (Å²) >= 11 is 1.53. The number of nitrogens with zero attached hydrogens (tertiary/aromatic N) is 2. The lowest BCUT2D eigenvalue weighted by molar-refractivity contribution is 0.625. The van der Waals surface area contributed by atoms with Crippen molar-refractivity contribution in [3.63, 3.8) is 0 Å². The zero-order valence-electron chi connectivity index (χ0n) is 13.0. The Kier molecular flexibility index (Phi) is 4.10. The number of hydrazone groups is 1.